The molecular formula is C15H22N2O4S2. The van der Waals surface area contributed by atoms with E-state index in [0.717, 1.165) is 18.6 Å². The van der Waals surface area contributed by atoms with Crippen LogP contribution in [0.3, 0.4) is 0 Å². The lowest BCUT2D eigenvalue weighted by Gasteiger charge is -2.11. The molecule has 1 atom stereocenters. The lowest BCUT2D eigenvalue weighted by atomic mass is 10.2. The van der Waals surface area contributed by atoms with Crippen LogP contribution in [0.5, 0.6) is 0 Å². The minimum Gasteiger partial charge on any atom is -0.379 e. The highest BCUT2D eigenvalue weighted by molar-refractivity contribution is 7.98. The second-order valence-corrected chi connectivity index (χ2v) is 8.06. The normalized spacial score (nSPS) is 18.0. The zero-order valence-electron chi connectivity index (χ0n) is 13.1. The average Bonchev–Trinajstić information content (AvgIpc) is 3.05. The van der Waals surface area contributed by atoms with E-state index in [4.69, 9.17) is 4.74 Å². The topological polar surface area (TPSA) is 84.5 Å². The maximum Gasteiger partial charge on any atom is 0.251 e. The Morgan fingerprint density at radius 3 is 2.70 bits per heavy atom. The van der Waals surface area contributed by atoms with Crippen molar-refractivity contribution in [2.45, 2.75) is 23.8 Å². The van der Waals surface area contributed by atoms with Crippen LogP contribution >= 0.6 is 11.8 Å². The molecule has 1 aliphatic heterocycles. The number of carbonyl (C=O) groups excluding carboxylic acids is 1. The molecule has 2 N–H and O–H groups in total. The number of ether oxygens (including phenoxy) is 1. The molecule has 1 heterocycles. The molecule has 0 aromatic heterocycles. The Hall–Kier alpha value is -1.09. The standard InChI is InChI=1S/C15H22N2O4S2/c1-22-10-2-8-16-23(19,20)14-5-3-12(4-6-14)15(18)17-13-7-9-21-11-13/h3-6,13,16H,2,7-11H2,1H3,(H,17,18). The Morgan fingerprint density at radius 2 is 2.09 bits per heavy atom. The van der Waals surface area contributed by atoms with E-state index >= 15 is 0 Å². The number of rotatable bonds is 8. The van der Waals surface area contributed by atoms with Gasteiger partial charge in [0, 0.05) is 18.7 Å². The second-order valence-electron chi connectivity index (χ2n) is 5.30. The van der Waals surface area contributed by atoms with E-state index < -0.39 is 10.0 Å². The predicted octanol–water partition coefficient (Wildman–Crippen LogP) is 1.24. The fourth-order valence-electron chi connectivity index (χ4n) is 2.21. The highest BCUT2D eigenvalue weighted by Crippen LogP contribution is 2.12. The summed E-state index contributed by atoms with van der Waals surface area (Å²) in [4.78, 5) is 12.2. The first-order valence-electron chi connectivity index (χ1n) is 7.50. The third-order valence-corrected chi connectivity index (χ3v) is 5.68. The minimum atomic E-state index is -3.52. The predicted molar refractivity (Wildman–Crippen MR) is 91.3 cm³/mol. The third-order valence-electron chi connectivity index (χ3n) is 3.51. The number of hydrogen-bond acceptors (Lipinski definition) is 5. The minimum absolute atomic E-state index is 0.0315. The van der Waals surface area contributed by atoms with Crippen LogP contribution < -0.4 is 10.0 Å². The van der Waals surface area contributed by atoms with Gasteiger partial charge in [0.2, 0.25) is 10.0 Å². The van der Waals surface area contributed by atoms with Crippen molar-refractivity contribution in [3.8, 4) is 0 Å². The summed E-state index contributed by atoms with van der Waals surface area (Å²) in [6.07, 6.45) is 3.57. The van der Waals surface area contributed by atoms with Crippen molar-refractivity contribution in [3.63, 3.8) is 0 Å². The lowest BCUT2D eigenvalue weighted by molar-refractivity contribution is 0.0930. The largest absolute Gasteiger partial charge is 0.379 e. The first-order chi connectivity index (χ1) is 11.0. The van der Waals surface area contributed by atoms with Crippen LogP contribution in [0, 0.1) is 0 Å². The van der Waals surface area contributed by atoms with Crippen molar-refractivity contribution in [2.24, 2.45) is 0 Å². The Bertz CT molecular complexity index is 611. The van der Waals surface area contributed by atoms with Gasteiger partial charge in [-0.2, -0.15) is 11.8 Å². The molecule has 0 aliphatic carbocycles. The number of thioether (sulfide) groups is 1. The third kappa shape index (κ3) is 5.49. The molecule has 6 nitrogen and oxygen atoms in total. The summed E-state index contributed by atoms with van der Waals surface area (Å²) in [7, 11) is -3.52. The molecular weight excluding hydrogens is 336 g/mol. The Labute approximate surface area is 141 Å². The van der Waals surface area contributed by atoms with E-state index in [2.05, 4.69) is 10.0 Å². The van der Waals surface area contributed by atoms with E-state index in [0.29, 0.717) is 25.3 Å². The summed E-state index contributed by atoms with van der Waals surface area (Å²) in [6.45, 7) is 1.59. The van der Waals surface area contributed by atoms with E-state index in [1.807, 2.05) is 6.26 Å². The fraction of sp³-hybridized carbons (Fsp3) is 0.533. The number of benzene rings is 1. The van der Waals surface area contributed by atoms with Gasteiger partial charge >= 0.3 is 0 Å². The summed E-state index contributed by atoms with van der Waals surface area (Å²) in [6, 6.07) is 6.00. The van der Waals surface area contributed by atoms with Gasteiger partial charge in [-0.3, -0.25) is 4.79 Å². The van der Waals surface area contributed by atoms with E-state index in [1.165, 1.54) is 24.3 Å². The van der Waals surface area contributed by atoms with Gasteiger partial charge < -0.3 is 10.1 Å². The van der Waals surface area contributed by atoms with Crippen LogP contribution in [0.25, 0.3) is 0 Å². The van der Waals surface area contributed by atoms with Gasteiger partial charge in [0.1, 0.15) is 0 Å². The quantitative estimate of drug-likeness (QED) is 0.683. The number of hydrogen-bond donors (Lipinski definition) is 2. The number of amides is 1. The molecule has 1 saturated heterocycles. The SMILES string of the molecule is CSCCCNS(=O)(=O)c1ccc(C(=O)NC2CCOC2)cc1. The molecule has 1 aromatic rings. The summed E-state index contributed by atoms with van der Waals surface area (Å²) in [5.74, 6) is 0.698. The maximum atomic E-state index is 12.1. The summed E-state index contributed by atoms with van der Waals surface area (Å²) < 4.78 is 32.0. The van der Waals surface area contributed by atoms with Crippen molar-refractivity contribution in [2.75, 3.05) is 31.8 Å². The molecule has 2 rings (SSSR count). The fourth-order valence-corrected chi connectivity index (χ4v) is 3.72. The van der Waals surface area contributed by atoms with E-state index in [1.54, 1.807) is 11.8 Å². The average molecular weight is 358 g/mol. The zero-order chi connectivity index (χ0) is 16.7. The smallest absolute Gasteiger partial charge is 0.251 e. The molecule has 0 saturated carbocycles. The Kier molecular flexibility index (Phi) is 6.88. The van der Waals surface area contributed by atoms with Gasteiger partial charge in [-0.15, -0.1) is 0 Å². The number of nitrogens with one attached hydrogen (secondary N) is 2. The molecule has 8 heteroatoms. The van der Waals surface area contributed by atoms with Crippen LogP contribution in [-0.4, -0.2) is 52.1 Å². The van der Waals surface area contributed by atoms with Gasteiger partial charge in [-0.25, -0.2) is 13.1 Å². The maximum absolute atomic E-state index is 12.1. The molecule has 128 valence electrons. The van der Waals surface area contributed by atoms with Gasteiger partial charge in [-0.1, -0.05) is 0 Å². The molecule has 0 radical (unpaired) electrons. The lowest BCUT2D eigenvalue weighted by Crippen LogP contribution is -2.35. The molecule has 23 heavy (non-hydrogen) atoms. The van der Waals surface area contributed by atoms with Gasteiger partial charge in [0.05, 0.1) is 17.5 Å². The molecule has 1 amide bonds. The highest BCUT2D eigenvalue weighted by atomic mass is 32.2. The molecule has 0 spiro atoms. The van der Waals surface area contributed by atoms with Crippen LogP contribution in [-0.2, 0) is 14.8 Å². The van der Waals surface area contributed by atoms with Crippen molar-refractivity contribution in [1.29, 1.82) is 0 Å². The summed E-state index contributed by atoms with van der Waals surface area (Å²) >= 11 is 1.68. The zero-order valence-corrected chi connectivity index (χ0v) is 14.7. The van der Waals surface area contributed by atoms with Crippen LogP contribution in [0.1, 0.15) is 23.2 Å². The first kappa shape index (κ1) is 18.3. The molecule has 0 bridgehead atoms. The van der Waals surface area contributed by atoms with Crippen molar-refractivity contribution >= 4 is 27.7 Å². The van der Waals surface area contributed by atoms with Crippen LogP contribution in [0.2, 0.25) is 0 Å². The second kappa shape index (κ2) is 8.68. The summed E-state index contributed by atoms with van der Waals surface area (Å²) in [5.41, 5.74) is 0.443. The van der Waals surface area contributed by atoms with Crippen LogP contribution in [0.4, 0.5) is 0 Å². The Balaban J connectivity index is 1.93. The van der Waals surface area contributed by atoms with E-state index in [-0.39, 0.29) is 16.8 Å². The van der Waals surface area contributed by atoms with Gasteiger partial charge in [0.15, 0.2) is 0 Å². The van der Waals surface area contributed by atoms with Crippen molar-refractivity contribution in [1.82, 2.24) is 10.0 Å². The highest BCUT2D eigenvalue weighted by Gasteiger charge is 2.19. The van der Waals surface area contributed by atoms with Crippen molar-refractivity contribution in [3.05, 3.63) is 29.8 Å². The van der Waals surface area contributed by atoms with Crippen LogP contribution in [0.15, 0.2) is 29.2 Å². The Morgan fingerprint density at radius 1 is 1.35 bits per heavy atom. The summed E-state index contributed by atoms with van der Waals surface area (Å²) in [5, 5.41) is 2.87. The number of carbonyl (C=O) groups is 1. The number of sulfonamides is 1. The molecule has 1 fully saturated rings. The van der Waals surface area contributed by atoms with Gasteiger partial charge in [-0.05, 0) is 49.1 Å². The molecule has 1 aromatic carbocycles. The molecule has 1 aliphatic rings. The van der Waals surface area contributed by atoms with Gasteiger partial charge in [0.25, 0.3) is 5.91 Å². The molecule has 1 unspecified atom stereocenters. The monoisotopic (exact) mass is 358 g/mol. The first-order valence-corrected chi connectivity index (χ1v) is 10.4. The van der Waals surface area contributed by atoms with Crippen molar-refractivity contribution < 1.29 is 17.9 Å². The van der Waals surface area contributed by atoms with E-state index in [9.17, 15) is 13.2 Å².